The first-order chi connectivity index (χ1) is 6.93. The topological polar surface area (TPSA) is 24.9 Å². The molecule has 1 aromatic rings. The fourth-order valence-corrected chi connectivity index (χ4v) is 1.39. The number of aromatic nitrogens is 1. The first-order valence-electron chi connectivity index (χ1n) is 5.54. The standard InChI is InChI=1S/C12H20N2/c1-2-3-5-9-13-11-8-12-7-4-6-10-14-12/h4,6-7,10,13H,2-3,5,8-9,11H2,1H3. The van der Waals surface area contributed by atoms with Gasteiger partial charge in [-0.25, -0.2) is 0 Å². The summed E-state index contributed by atoms with van der Waals surface area (Å²) in [5.41, 5.74) is 1.18. The molecule has 0 aromatic carbocycles. The molecule has 0 atom stereocenters. The molecule has 1 heterocycles. The Morgan fingerprint density at radius 1 is 1.21 bits per heavy atom. The fourth-order valence-electron chi connectivity index (χ4n) is 1.39. The molecule has 0 aliphatic rings. The summed E-state index contributed by atoms with van der Waals surface area (Å²) in [6.45, 7) is 4.41. The lowest BCUT2D eigenvalue weighted by Crippen LogP contribution is -2.18. The molecule has 0 fully saturated rings. The third kappa shape index (κ3) is 4.97. The first kappa shape index (κ1) is 11.2. The van der Waals surface area contributed by atoms with Gasteiger partial charge in [0.1, 0.15) is 0 Å². The first-order valence-corrected chi connectivity index (χ1v) is 5.54. The molecule has 0 unspecified atom stereocenters. The summed E-state index contributed by atoms with van der Waals surface area (Å²) in [5.74, 6) is 0. The molecule has 0 aliphatic heterocycles. The van der Waals surface area contributed by atoms with Crippen LogP contribution in [0.3, 0.4) is 0 Å². The lowest BCUT2D eigenvalue weighted by Gasteiger charge is -2.03. The van der Waals surface area contributed by atoms with Crippen molar-refractivity contribution in [1.82, 2.24) is 10.3 Å². The van der Waals surface area contributed by atoms with Crippen LogP contribution in [0.4, 0.5) is 0 Å². The highest BCUT2D eigenvalue weighted by Crippen LogP contribution is 1.94. The number of hydrogen-bond acceptors (Lipinski definition) is 2. The molecule has 0 aliphatic carbocycles. The highest BCUT2D eigenvalue weighted by atomic mass is 14.8. The summed E-state index contributed by atoms with van der Waals surface area (Å²) in [4.78, 5) is 4.27. The smallest absolute Gasteiger partial charge is 0.0416 e. The Morgan fingerprint density at radius 2 is 2.14 bits per heavy atom. The van der Waals surface area contributed by atoms with E-state index in [1.54, 1.807) is 0 Å². The molecule has 1 aromatic heterocycles. The summed E-state index contributed by atoms with van der Waals surface area (Å²) < 4.78 is 0. The average molecular weight is 192 g/mol. The minimum absolute atomic E-state index is 1.03. The van der Waals surface area contributed by atoms with E-state index < -0.39 is 0 Å². The number of hydrogen-bond donors (Lipinski definition) is 1. The number of pyridine rings is 1. The molecule has 14 heavy (non-hydrogen) atoms. The van der Waals surface area contributed by atoms with E-state index in [4.69, 9.17) is 0 Å². The summed E-state index contributed by atoms with van der Waals surface area (Å²) in [5, 5.41) is 3.43. The number of rotatable bonds is 7. The van der Waals surface area contributed by atoms with Crippen molar-refractivity contribution in [2.24, 2.45) is 0 Å². The van der Waals surface area contributed by atoms with Crippen molar-refractivity contribution in [1.29, 1.82) is 0 Å². The van der Waals surface area contributed by atoms with Crippen LogP contribution in [0.5, 0.6) is 0 Å². The molecular formula is C12H20N2. The van der Waals surface area contributed by atoms with E-state index >= 15 is 0 Å². The Labute approximate surface area is 86.8 Å². The lowest BCUT2D eigenvalue weighted by molar-refractivity contribution is 0.614. The molecule has 78 valence electrons. The van der Waals surface area contributed by atoms with Crippen LogP contribution in [0.1, 0.15) is 31.9 Å². The maximum absolute atomic E-state index is 4.27. The van der Waals surface area contributed by atoms with Crippen molar-refractivity contribution in [3.8, 4) is 0 Å². The van der Waals surface area contributed by atoms with E-state index in [0.717, 1.165) is 19.5 Å². The van der Waals surface area contributed by atoms with E-state index in [0.29, 0.717) is 0 Å². The highest BCUT2D eigenvalue weighted by Gasteiger charge is 1.92. The van der Waals surface area contributed by atoms with E-state index in [-0.39, 0.29) is 0 Å². The Balaban J connectivity index is 1.99. The van der Waals surface area contributed by atoms with E-state index in [1.165, 1.54) is 25.0 Å². The zero-order valence-electron chi connectivity index (χ0n) is 9.00. The summed E-state index contributed by atoms with van der Waals surface area (Å²) in [6, 6.07) is 6.07. The molecule has 2 nitrogen and oxygen atoms in total. The number of nitrogens with zero attached hydrogens (tertiary/aromatic N) is 1. The van der Waals surface area contributed by atoms with Gasteiger partial charge in [0.15, 0.2) is 0 Å². The molecule has 2 heteroatoms. The molecule has 0 saturated carbocycles. The van der Waals surface area contributed by atoms with Crippen molar-refractivity contribution in [3.05, 3.63) is 30.1 Å². The predicted molar refractivity (Wildman–Crippen MR) is 60.3 cm³/mol. The van der Waals surface area contributed by atoms with E-state index in [9.17, 15) is 0 Å². The number of nitrogens with one attached hydrogen (secondary N) is 1. The Hall–Kier alpha value is -0.890. The molecule has 1 rings (SSSR count). The molecule has 1 N–H and O–H groups in total. The maximum atomic E-state index is 4.27. The van der Waals surface area contributed by atoms with E-state index in [2.05, 4.69) is 23.3 Å². The van der Waals surface area contributed by atoms with Gasteiger partial charge in [-0.3, -0.25) is 4.98 Å². The van der Waals surface area contributed by atoms with Gasteiger partial charge in [-0.05, 0) is 25.1 Å². The normalized spacial score (nSPS) is 10.4. The summed E-state index contributed by atoms with van der Waals surface area (Å²) in [6.07, 6.45) is 6.80. The maximum Gasteiger partial charge on any atom is 0.0416 e. The lowest BCUT2D eigenvalue weighted by atomic mass is 10.2. The van der Waals surface area contributed by atoms with Crippen molar-refractivity contribution < 1.29 is 0 Å². The van der Waals surface area contributed by atoms with Crippen molar-refractivity contribution in [3.63, 3.8) is 0 Å². The van der Waals surface area contributed by atoms with Crippen LogP contribution in [-0.4, -0.2) is 18.1 Å². The SMILES string of the molecule is CCCCCNCCc1ccccn1. The minimum Gasteiger partial charge on any atom is -0.316 e. The van der Waals surface area contributed by atoms with Gasteiger partial charge in [0.25, 0.3) is 0 Å². The van der Waals surface area contributed by atoms with Crippen LogP contribution >= 0.6 is 0 Å². The third-order valence-electron chi connectivity index (χ3n) is 2.24. The van der Waals surface area contributed by atoms with Crippen molar-refractivity contribution in [2.45, 2.75) is 32.6 Å². The monoisotopic (exact) mass is 192 g/mol. The average Bonchev–Trinajstić information content (AvgIpc) is 2.25. The molecular weight excluding hydrogens is 172 g/mol. The highest BCUT2D eigenvalue weighted by molar-refractivity contribution is 5.03. The fraction of sp³-hybridized carbons (Fsp3) is 0.583. The van der Waals surface area contributed by atoms with E-state index in [1.807, 2.05) is 18.3 Å². The van der Waals surface area contributed by atoms with Crippen LogP contribution < -0.4 is 5.32 Å². The van der Waals surface area contributed by atoms with Crippen molar-refractivity contribution >= 4 is 0 Å². The largest absolute Gasteiger partial charge is 0.316 e. The van der Waals surface area contributed by atoms with Crippen LogP contribution in [0.25, 0.3) is 0 Å². The van der Waals surface area contributed by atoms with Gasteiger partial charge in [0.2, 0.25) is 0 Å². The van der Waals surface area contributed by atoms with Crippen LogP contribution in [-0.2, 0) is 6.42 Å². The van der Waals surface area contributed by atoms with Gasteiger partial charge in [0.05, 0.1) is 0 Å². The van der Waals surface area contributed by atoms with Gasteiger partial charge < -0.3 is 5.32 Å². The molecule has 0 saturated heterocycles. The Bertz CT molecular complexity index is 221. The second-order valence-electron chi connectivity index (χ2n) is 3.53. The second-order valence-corrected chi connectivity index (χ2v) is 3.53. The molecule has 0 amide bonds. The quantitative estimate of drug-likeness (QED) is 0.671. The minimum atomic E-state index is 1.03. The zero-order chi connectivity index (χ0) is 10.1. The Kier molecular flexibility index (Phi) is 6.00. The molecule has 0 spiro atoms. The van der Waals surface area contributed by atoms with Gasteiger partial charge in [-0.1, -0.05) is 25.8 Å². The van der Waals surface area contributed by atoms with Crippen LogP contribution in [0.2, 0.25) is 0 Å². The van der Waals surface area contributed by atoms with Gasteiger partial charge in [0, 0.05) is 24.9 Å². The number of unbranched alkanes of at least 4 members (excludes halogenated alkanes) is 2. The van der Waals surface area contributed by atoms with Crippen LogP contribution in [0.15, 0.2) is 24.4 Å². The Morgan fingerprint density at radius 3 is 2.86 bits per heavy atom. The van der Waals surface area contributed by atoms with Crippen molar-refractivity contribution in [2.75, 3.05) is 13.1 Å². The second kappa shape index (κ2) is 7.51. The van der Waals surface area contributed by atoms with Gasteiger partial charge in [-0.15, -0.1) is 0 Å². The summed E-state index contributed by atoms with van der Waals surface area (Å²) in [7, 11) is 0. The van der Waals surface area contributed by atoms with Gasteiger partial charge >= 0.3 is 0 Å². The predicted octanol–water partition coefficient (Wildman–Crippen LogP) is 2.40. The van der Waals surface area contributed by atoms with Gasteiger partial charge in [-0.2, -0.15) is 0 Å². The zero-order valence-corrected chi connectivity index (χ0v) is 9.00. The summed E-state index contributed by atoms with van der Waals surface area (Å²) >= 11 is 0. The molecule has 0 radical (unpaired) electrons. The van der Waals surface area contributed by atoms with Crippen LogP contribution in [0, 0.1) is 0 Å². The third-order valence-corrected chi connectivity index (χ3v) is 2.24. The molecule has 0 bridgehead atoms.